The molecule has 1 heterocycles. The fourth-order valence-corrected chi connectivity index (χ4v) is 4.25. The summed E-state index contributed by atoms with van der Waals surface area (Å²) in [7, 11) is 0. The van der Waals surface area contributed by atoms with Gasteiger partial charge in [-0.1, -0.05) is 30.3 Å². The molecule has 3 aromatic rings. The number of carbonyl (C=O) groups is 2. The van der Waals surface area contributed by atoms with E-state index in [1.807, 2.05) is 51.1 Å². The molecule has 2 aromatic carbocycles. The smallest absolute Gasteiger partial charge is 0.444 e. The summed E-state index contributed by atoms with van der Waals surface area (Å²) in [4.78, 5) is 34.9. The quantitative estimate of drug-likeness (QED) is 0.165. The van der Waals surface area contributed by atoms with E-state index in [-0.39, 0.29) is 36.8 Å². The third-order valence-corrected chi connectivity index (χ3v) is 6.15. The first-order chi connectivity index (χ1) is 18.5. The number of aromatic nitrogens is 2. The molecule has 0 aliphatic heterocycles. The van der Waals surface area contributed by atoms with Crippen molar-refractivity contribution >= 4 is 23.8 Å². The number of nitrogens with one attached hydrogen (secondary N) is 1. The molecule has 1 aliphatic carbocycles. The Morgan fingerprint density at radius 3 is 2.46 bits per heavy atom. The summed E-state index contributed by atoms with van der Waals surface area (Å²) in [5.41, 5.74) is 0.723. The van der Waals surface area contributed by atoms with Crippen molar-refractivity contribution in [3.63, 3.8) is 0 Å². The van der Waals surface area contributed by atoms with Crippen LogP contribution in [0.5, 0.6) is 5.75 Å². The highest BCUT2D eigenvalue weighted by atomic mass is 19.1. The molecule has 0 bridgehead atoms. The number of ether oxygens (including phenoxy) is 3. The van der Waals surface area contributed by atoms with Crippen molar-refractivity contribution in [3.05, 3.63) is 82.0 Å². The van der Waals surface area contributed by atoms with Crippen molar-refractivity contribution in [1.29, 1.82) is 0 Å². The number of rotatable bonds is 7. The minimum Gasteiger partial charge on any atom is -0.444 e. The average molecular weight is 541 g/mol. The molecule has 1 N–H and O–H groups in total. The lowest BCUT2D eigenvalue weighted by atomic mass is 10.0. The van der Waals surface area contributed by atoms with Crippen molar-refractivity contribution < 1.29 is 33.1 Å². The number of alkyl halides is 1. The second kappa shape index (κ2) is 11.5. The van der Waals surface area contributed by atoms with Gasteiger partial charge in [-0.2, -0.15) is 5.10 Å². The molecule has 3 atom stereocenters. The molecular weight excluding hydrogens is 511 g/mol. The predicted molar refractivity (Wildman–Crippen MR) is 138 cm³/mol. The summed E-state index contributed by atoms with van der Waals surface area (Å²) < 4.78 is 32.0. The largest absolute Gasteiger partial charge is 0.514 e. The first-order valence-electron chi connectivity index (χ1n) is 12.3. The molecule has 12 heteroatoms. The Morgan fingerprint density at radius 2 is 1.82 bits per heavy atom. The van der Waals surface area contributed by atoms with E-state index in [0.29, 0.717) is 11.5 Å². The lowest BCUT2D eigenvalue weighted by Gasteiger charge is -2.22. The molecule has 1 aromatic heterocycles. The van der Waals surface area contributed by atoms with Crippen LogP contribution in [0.3, 0.4) is 0 Å². The van der Waals surface area contributed by atoms with E-state index in [2.05, 4.69) is 10.4 Å². The summed E-state index contributed by atoms with van der Waals surface area (Å²) in [6.45, 7) is 5.84. The Labute approximate surface area is 224 Å². The number of halogens is 1. The van der Waals surface area contributed by atoms with Gasteiger partial charge >= 0.3 is 12.2 Å². The fourth-order valence-electron chi connectivity index (χ4n) is 4.25. The van der Waals surface area contributed by atoms with E-state index in [0.717, 1.165) is 5.56 Å². The SMILES string of the molecule is CC(C)(C)n1nc(C2CC(F)C(OC(=O)Oc3ccc([N+](=O)[O-])cc3)C2)cc1NC(=O)OCc1ccccc1. The number of carbonyl (C=O) groups excluding carboxylic acids is 2. The van der Waals surface area contributed by atoms with Crippen LogP contribution in [0.1, 0.15) is 50.8 Å². The van der Waals surface area contributed by atoms with Gasteiger partial charge in [0.1, 0.15) is 30.4 Å². The number of non-ortho nitro benzene ring substituents is 1. The zero-order valence-corrected chi connectivity index (χ0v) is 21.7. The van der Waals surface area contributed by atoms with Crippen LogP contribution in [0.25, 0.3) is 0 Å². The zero-order chi connectivity index (χ0) is 28.2. The number of benzene rings is 2. The highest BCUT2D eigenvalue weighted by Crippen LogP contribution is 2.39. The summed E-state index contributed by atoms with van der Waals surface area (Å²) in [6, 6.07) is 15.8. The Morgan fingerprint density at radius 1 is 1.13 bits per heavy atom. The Balaban J connectivity index is 1.38. The van der Waals surface area contributed by atoms with Gasteiger partial charge in [-0.25, -0.2) is 18.7 Å². The molecule has 0 saturated heterocycles. The van der Waals surface area contributed by atoms with Crippen LogP contribution in [0, 0.1) is 10.1 Å². The Kier molecular flexibility index (Phi) is 8.12. The second-order valence-corrected chi connectivity index (χ2v) is 10.2. The van der Waals surface area contributed by atoms with Crippen molar-refractivity contribution in [2.24, 2.45) is 0 Å². The molecule has 3 unspecified atom stereocenters. The van der Waals surface area contributed by atoms with Crippen LogP contribution in [0.2, 0.25) is 0 Å². The van der Waals surface area contributed by atoms with Crippen LogP contribution in [-0.4, -0.2) is 39.2 Å². The van der Waals surface area contributed by atoms with Gasteiger partial charge in [-0.15, -0.1) is 0 Å². The second-order valence-electron chi connectivity index (χ2n) is 10.2. The van der Waals surface area contributed by atoms with Crippen LogP contribution in [0.15, 0.2) is 60.7 Å². The molecule has 0 spiro atoms. The van der Waals surface area contributed by atoms with Crippen LogP contribution < -0.4 is 10.1 Å². The lowest BCUT2D eigenvalue weighted by molar-refractivity contribution is -0.384. The normalized spacial score (nSPS) is 18.8. The van der Waals surface area contributed by atoms with Gasteiger partial charge in [0.2, 0.25) is 0 Å². The monoisotopic (exact) mass is 540 g/mol. The fraction of sp³-hybridized carbons (Fsp3) is 0.370. The third-order valence-electron chi connectivity index (χ3n) is 6.15. The maximum atomic E-state index is 14.8. The number of nitro benzene ring substituents is 1. The number of nitro groups is 1. The average Bonchev–Trinajstić information content (AvgIpc) is 3.47. The topological polar surface area (TPSA) is 135 Å². The van der Waals surface area contributed by atoms with Gasteiger partial charge in [0.15, 0.2) is 0 Å². The van der Waals surface area contributed by atoms with E-state index in [9.17, 15) is 24.1 Å². The highest BCUT2D eigenvalue weighted by Gasteiger charge is 2.40. The van der Waals surface area contributed by atoms with Crippen molar-refractivity contribution in [1.82, 2.24) is 9.78 Å². The first-order valence-corrected chi connectivity index (χ1v) is 12.3. The van der Waals surface area contributed by atoms with Gasteiger partial charge < -0.3 is 14.2 Å². The van der Waals surface area contributed by atoms with Crippen LogP contribution >= 0.6 is 0 Å². The van der Waals surface area contributed by atoms with Gasteiger partial charge in [0.25, 0.3) is 5.69 Å². The third kappa shape index (κ3) is 7.09. The van der Waals surface area contributed by atoms with Crippen molar-refractivity contribution in [3.8, 4) is 5.75 Å². The number of amides is 1. The standard InChI is InChI=1S/C27H29FN4O7/c1-27(2,3)31-24(29-25(33)37-16-17-7-5-4-6-8-17)15-22(30-31)18-13-21(28)23(14-18)39-26(34)38-20-11-9-19(10-12-20)32(35)36/h4-12,15,18,21,23H,13-14,16H2,1-3H3,(H,29,33). The predicted octanol–water partition coefficient (Wildman–Crippen LogP) is 6.09. The summed E-state index contributed by atoms with van der Waals surface area (Å²) in [5.74, 6) is 0.0592. The van der Waals surface area contributed by atoms with E-state index >= 15 is 0 Å². The van der Waals surface area contributed by atoms with E-state index < -0.39 is 35.0 Å². The maximum Gasteiger partial charge on any atom is 0.514 e. The number of anilines is 1. The molecule has 1 fully saturated rings. The van der Waals surface area contributed by atoms with Gasteiger partial charge in [0, 0.05) is 24.1 Å². The molecule has 11 nitrogen and oxygen atoms in total. The zero-order valence-electron chi connectivity index (χ0n) is 21.7. The van der Waals surface area contributed by atoms with Crippen molar-refractivity contribution in [2.75, 3.05) is 5.32 Å². The van der Waals surface area contributed by atoms with E-state index in [1.165, 1.54) is 24.3 Å². The van der Waals surface area contributed by atoms with Crippen molar-refractivity contribution in [2.45, 2.75) is 64.0 Å². The lowest BCUT2D eigenvalue weighted by Crippen LogP contribution is -2.27. The first kappa shape index (κ1) is 27.6. The van der Waals surface area contributed by atoms with Crippen LogP contribution in [0.4, 0.5) is 25.5 Å². The molecule has 39 heavy (non-hydrogen) atoms. The molecule has 1 saturated carbocycles. The Hall–Kier alpha value is -4.48. The molecule has 4 rings (SSSR count). The number of hydrogen-bond acceptors (Lipinski definition) is 8. The molecular formula is C27H29FN4O7. The highest BCUT2D eigenvalue weighted by molar-refractivity contribution is 5.83. The molecule has 1 amide bonds. The minimum atomic E-state index is -1.45. The minimum absolute atomic E-state index is 0.0364. The maximum absolute atomic E-state index is 14.8. The van der Waals surface area contributed by atoms with Gasteiger partial charge in [-0.3, -0.25) is 15.4 Å². The van der Waals surface area contributed by atoms with Gasteiger partial charge in [0.05, 0.1) is 16.2 Å². The number of nitrogens with zero attached hydrogens (tertiary/aromatic N) is 3. The van der Waals surface area contributed by atoms with Crippen LogP contribution in [-0.2, 0) is 21.6 Å². The van der Waals surface area contributed by atoms with E-state index in [4.69, 9.17) is 14.2 Å². The molecule has 1 aliphatic rings. The Bertz CT molecular complexity index is 1320. The van der Waals surface area contributed by atoms with E-state index in [1.54, 1.807) is 10.7 Å². The molecule has 0 radical (unpaired) electrons. The number of hydrogen-bond donors (Lipinski definition) is 1. The summed E-state index contributed by atoms with van der Waals surface area (Å²) in [5, 5.41) is 18.1. The summed E-state index contributed by atoms with van der Waals surface area (Å²) >= 11 is 0. The molecule has 206 valence electrons. The summed E-state index contributed by atoms with van der Waals surface area (Å²) in [6.07, 6.45) is -4.05. The van der Waals surface area contributed by atoms with Gasteiger partial charge in [-0.05, 0) is 51.3 Å².